The van der Waals surface area contributed by atoms with Gasteiger partial charge in [0.25, 0.3) is 0 Å². The van der Waals surface area contributed by atoms with Crippen LogP contribution in [0.4, 0.5) is 0 Å². The molecule has 4 heterocycles. The second kappa shape index (κ2) is 4.88. The minimum absolute atomic E-state index is 0.938. The van der Waals surface area contributed by atoms with E-state index in [0.717, 1.165) is 24.1 Å². The number of benzene rings is 2. The molecule has 6 rings (SSSR count). The van der Waals surface area contributed by atoms with E-state index in [-0.39, 0.29) is 0 Å². The molecular formula is C22H17N4+. The van der Waals surface area contributed by atoms with Crippen LogP contribution in [0, 0.1) is 0 Å². The molecule has 4 heteroatoms. The Labute approximate surface area is 150 Å². The number of fused-ring (bicyclic) bond motifs is 8. The number of pyridine rings is 1. The molecule has 1 aliphatic rings. The second-order valence-electron chi connectivity index (χ2n) is 6.99. The number of aromatic nitrogens is 4. The van der Waals surface area contributed by atoms with E-state index in [1.165, 1.54) is 38.6 Å². The molecule has 0 spiro atoms. The van der Waals surface area contributed by atoms with E-state index in [9.17, 15) is 0 Å². The summed E-state index contributed by atoms with van der Waals surface area (Å²) in [7, 11) is 2.16. The number of para-hydroxylation sites is 1. The Hall–Kier alpha value is -3.27. The fourth-order valence-electron chi connectivity index (χ4n) is 4.42. The molecule has 0 atom stereocenters. The molecule has 26 heavy (non-hydrogen) atoms. The van der Waals surface area contributed by atoms with Crippen molar-refractivity contribution in [3.8, 4) is 11.3 Å². The Bertz CT molecular complexity index is 1350. The summed E-state index contributed by atoms with van der Waals surface area (Å²) in [4.78, 5) is 9.03. The predicted octanol–water partition coefficient (Wildman–Crippen LogP) is 3.79. The molecule has 124 valence electrons. The molecule has 0 fully saturated rings. The third-order valence-electron chi connectivity index (χ3n) is 5.67. The van der Waals surface area contributed by atoms with Crippen LogP contribution in [0.1, 0.15) is 5.56 Å². The molecule has 0 unspecified atom stereocenters. The lowest BCUT2D eigenvalue weighted by Gasteiger charge is -2.18. The van der Waals surface area contributed by atoms with E-state index in [1.54, 1.807) is 12.4 Å². The minimum atomic E-state index is 0.938. The van der Waals surface area contributed by atoms with Gasteiger partial charge in [0.05, 0.1) is 12.7 Å². The standard InChI is InChI=1S/C22H17N4/c1-25-19-5-3-2-4-15(19)17-13-16-14(12-21(17)25)8-11-26-20(16)7-6-18-22(26)24-10-9-23-18/h2-7,9-10,12-13H,8,11H2,1H3/q+1. The van der Waals surface area contributed by atoms with Gasteiger partial charge < -0.3 is 4.57 Å². The van der Waals surface area contributed by atoms with Gasteiger partial charge in [0.1, 0.15) is 5.69 Å². The molecule has 0 saturated carbocycles. The summed E-state index contributed by atoms with van der Waals surface area (Å²) in [5, 5.41) is 2.63. The van der Waals surface area contributed by atoms with Crippen molar-refractivity contribution >= 4 is 33.0 Å². The van der Waals surface area contributed by atoms with Crippen molar-refractivity contribution in [2.45, 2.75) is 13.0 Å². The minimum Gasteiger partial charge on any atom is -0.344 e. The Morgan fingerprint density at radius 3 is 2.77 bits per heavy atom. The van der Waals surface area contributed by atoms with Crippen LogP contribution in [0.15, 0.2) is 60.9 Å². The molecule has 0 bridgehead atoms. The molecule has 3 aromatic heterocycles. The lowest BCUT2D eigenvalue weighted by Crippen LogP contribution is -2.41. The van der Waals surface area contributed by atoms with Gasteiger partial charge in [-0.15, -0.1) is 0 Å². The van der Waals surface area contributed by atoms with Crippen molar-refractivity contribution < 1.29 is 4.57 Å². The molecular weight excluding hydrogens is 320 g/mol. The van der Waals surface area contributed by atoms with Gasteiger partial charge in [-0.3, -0.25) is 0 Å². The fraction of sp³-hybridized carbons (Fsp3) is 0.136. The van der Waals surface area contributed by atoms with Crippen molar-refractivity contribution in [3.63, 3.8) is 0 Å². The number of hydrogen-bond donors (Lipinski definition) is 0. The third kappa shape index (κ3) is 1.71. The normalized spacial score (nSPS) is 13.3. The van der Waals surface area contributed by atoms with Crippen LogP contribution >= 0.6 is 0 Å². The van der Waals surface area contributed by atoms with Gasteiger partial charge in [0.15, 0.2) is 11.7 Å². The number of rotatable bonds is 0. The summed E-state index contributed by atoms with van der Waals surface area (Å²) >= 11 is 0. The van der Waals surface area contributed by atoms with Crippen molar-refractivity contribution in [2.75, 3.05) is 0 Å². The van der Waals surface area contributed by atoms with Crippen LogP contribution in [0.25, 0.3) is 44.2 Å². The largest absolute Gasteiger partial charge is 0.349 e. The van der Waals surface area contributed by atoms with Gasteiger partial charge in [0, 0.05) is 40.8 Å². The Morgan fingerprint density at radius 1 is 0.923 bits per heavy atom. The SMILES string of the molecule is Cn1c2ccccc2c2cc3c(cc21)CC[n+]1c-3ccc2nccnc21. The van der Waals surface area contributed by atoms with E-state index >= 15 is 0 Å². The summed E-state index contributed by atoms with van der Waals surface area (Å²) < 4.78 is 4.61. The topological polar surface area (TPSA) is 34.6 Å². The van der Waals surface area contributed by atoms with Crippen LogP contribution in [-0.2, 0) is 20.0 Å². The van der Waals surface area contributed by atoms with E-state index in [1.807, 2.05) is 0 Å². The number of aryl methyl sites for hydroxylation is 3. The zero-order chi connectivity index (χ0) is 17.3. The first kappa shape index (κ1) is 14.0. The van der Waals surface area contributed by atoms with E-state index in [4.69, 9.17) is 0 Å². The number of hydrogen-bond acceptors (Lipinski definition) is 2. The molecule has 0 aliphatic carbocycles. The van der Waals surface area contributed by atoms with Crippen LogP contribution in [0.5, 0.6) is 0 Å². The van der Waals surface area contributed by atoms with Crippen LogP contribution in [-0.4, -0.2) is 14.5 Å². The molecule has 1 aliphatic heterocycles. The quantitative estimate of drug-likeness (QED) is 0.403. The van der Waals surface area contributed by atoms with Gasteiger partial charge in [-0.2, -0.15) is 0 Å². The lowest BCUT2D eigenvalue weighted by molar-refractivity contribution is -0.663. The van der Waals surface area contributed by atoms with Crippen LogP contribution < -0.4 is 4.57 Å². The maximum Gasteiger partial charge on any atom is 0.349 e. The summed E-state index contributed by atoms with van der Waals surface area (Å²) in [6, 6.07) is 17.6. The maximum absolute atomic E-state index is 4.58. The van der Waals surface area contributed by atoms with Crippen LogP contribution in [0.3, 0.4) is 0 Å². The van der Waals surface area contributed by atoms with Crippen molar-refractivity contribution in [1.29, 1.82) is 0 Å². The highest BCUT2D eigenvalue weighted by Gasteiger charge is 2.25. The average molecular weight is 337 g/mol. The monoisotopic (exact) mass is 337 g/mol. The highest BCUT2D eigenvalue weighted by Crippen LogP contribution is 2.35. The maximum atomic E-state index is 4.58. The fourth-order valence-corrected chi connectivity index (χ4v) is 4.42. The average Bonchev–Trinajstić information content (AvgIpc) is 2.98. The van der Waals surface area contributed by atoms with Gasteiger partial charge >= 0.3 is 5.65 Å². The van der Waals surface area contributed by atoms with Crippen molar-refractivity contribution in [3.05, 3.63) is 66.5 Å². The van der Waals surface area contributed by atoms with E-state index in [2.05, 4.69) is 74.7 Å². The van der Waals surface area contributed by atoms with Crippen LogP contribution in [0.2, 0.25) is 0 Å². The van der Waals surface area contributed by atoms with Crippen molar-refractivity contribution in [2.24, 2.45) is 7.05 Å². The van der Waals surface area contributed by atoms with Gasteiger partial charge in [-0.05, 0) is 40.9 Å². The molecule has 0 radical (unpaired) electrons. The lowest BCUT2D eigenvalue weighted by atomic mass is 9.95. The van der Waals surface area contributed by atoms with E-state index < -0.39 is 0 Å². The molecule has 0 amide bonds. The highest BCUT2D eigenvalue weighted by molar-refractivity contribution is 6.09. The molecule has 4 nitrogen and oxygen atoms in total. The third-order valence-corrected chi connectivity index (χ3v) is 5.67. The predicted molar refractivity (Wildman–Crippen MR) is 103 cm³/mol. The summed E-state index contributed by atoms with van der Waals surface area (Å²) in [6.07, 6.45) is 4.55. The van der Waals surface area contributed by atoms with E-state index in [0.29, 0.717) is 0 Å². The molecule has 2 aromatic carbocycles. The summed E-state index contributed by atoms with van der Waals surface area (Å²) in [5.74, 6) is 0. The smallest absolute Gasteiger partial charge is 0.344 e. The van der Waals surface area contributed by atoms with Gasteiger partial charge in [-0.25, -0.2) is 9.55 Å². The van der Waals surface area contributed by atoms with Gasteiger partial charge in [0.2, 0.25) is 0 Å². The first-order valence-corrected chi connectivity index (χ1v) is 8.95. The molecule has 0 N–H and O–H groups in total. The van der Waals surface area contributed by atoms with Crippen molar-refractivity contribution in [1.82, 2.24) is 14.5 Å². The molecule has 0 saturated heterocycles. The zero-order valence-corrected chi connectivity index (χ0v) is 14.5. The first-order chi connectivity index (χ1) is 12.8. The van der Waals surface area contributed by atoms with Gasteiger partial charge in [-0.1, -0.05) is 18.2 Å². The molecule has 5 aromatic rings. The first-order valence-electron chi connectivity index (χ1n) is 8.95. The summed E-state index contributed by atoms with van der Waals surface area (Å²) in [6.45, 7) is 0.938. The second-order valence-corrected chi connectivity index (χ2v) is 6.99. The Balaban J connectivity index is 1.73. The summed E-state index contributed by atoms with van der Waals surface area (Å²) in [5.41, 5.74) is 8.45. The Kier molecular flexibility index (Phi) is 2.62. The number of nitrogens with zero attached hydrogens (tertiary/aromatic N) is 4. The highest BCUT2D eigenvalue weighted by atomic mass is 15.1. The Morgan fingerprint density at radius 2 is 1.81 bits per heavy atom. The zero-order valence-electron chi connectivity index (χ0n) is 14.5.